The fraction of sp³-hybridized carbons (Fsp3) is 0.600. The van der Waals surface area contributed by atoms with Gasteiger partial charge in [0.15, 0.2) is 0 Å². The van der Waals surface area contributed by atoms with E-state index >= 15 is 0 Å². The lowest BCUT2D eigenvalue weighted by molar-refractivity contribution is -0.0497. The summed E-state index contributed by atoms with van der Waals surface area (Å²) in [5, 5.41) is 10.3. The van der Waals surface area contributed by atoms with Crippen molar-refractivity contribution in [3.05, 3.63) is 35.4 Å². The normalized spacial score (nSPS) is 28.5. The van der Waals surface area contributed by atoms with Crippen molar-refractivity contribution in [3.63, 3.8) is 0 Å². The molecule has 104 valence electrons. The average Bonchev–Trinajstić information content (AvgIpc) is 2.78. The smallest absolute Gasteiger partial charge is 0.0916 e. The Bertz CT molecular complexity index is 409. The summed E-state index contributed by atoms with van der Waals surface area (Å²) >= 11 is 0. The van der Waals surface area contributed by atoms with Crippen LogP contribution in [0.25, 0.3) is 0 Å². The molecule has 2 bridgehead atoms. The van der Waals surface area contributed by atoms with E-state index in [2.05, 4.69) is 4.90 Å². The van der Waals surface area contributed by atoms with Crippen LogP contribution < -0.4 is 5.73 Å². The molecular formula is C15H22N2O2. The molecule has 0 amide bonds. The Hall–Kier alpha value is -0.940. The number of nitrogens with two attached hydrogens (primary N) is 1. The Labute approximate surface area is 114 Å². The maximum Gasteiger partial charge on any atom is 0.0916 e. The first-order valence-corrected chi connectivity index (χ1v) is 7.09. The molecule has 4 heteroatoms. The van der Waals surface area contributed by atoms with Crippen molar-refractivity contribution in [2.24, 2.45) is 5.73 Å². The van der Waals surface area contributed by atoms with Crippen molar-refractivity contribution in [2.45, 2.75) is 37.7 Å². The van der Waals surface area contributed by atoms with E-state index in [0.717, 1.165) is 24.2 Å². The zero-order valence-electron chi connectivity index (χ0n) is 11.2. The Morgan fingerprint density at radius 3 is 2.42 bits per heavy atom. The van der Waals surface area contributed by atoms with E-state index in [4.69, 9.17) is 10.5 Å². The number of morpholine rings is 1. The van der Waals surface area contributed by atoms with Crippen LogP contribution in [-0.4, -0.2) is 41.8 Å². The van der Waals surface area contributed by atoms with Crippen LogP contribution >= 0.6 is 0 Å². The maximum atomic E-state index is 10.3. The van der Waals surface area contributed by atoms with Gasteiger partial charge in [-0.1, -0.05) is 24.3 Å². The zero-order valence-corrected chi connectivity index (χ0v) is 11.2. The van der Waals surface area contributed by atoms with Gasteiger partial charge < -0.3 is 15.6 Å². The summed E-state index contributed by atoms with van der Waals surface area (Å²) in [5.41, 5.74) is 7.64. The Balaban J connectivity index is 1.59. The topological polar surface area (TPSA) is 58.7 Å². The molecule has 2 saturated heterocycles. The van der Waals surface area contributed by atoms with Crippen LogP contribution in [0.2, 0.25) is 0 Å². The van der Waals surface area contributed by atoms with Crippen LogP contribution in [0, 0.1) is 0 Å². The number of fused-ring (bicyclic) bond motifs is 2. The minimum Gasteiger partial charge on any atom is -0.387 e. The predicted octanol–water partition coefficient (Wildman–Crippen LogP) is 1.04. The summed E-state index contributed by atoms with van der Waals surface area (Å²) in [6.07, 6.45) is 2.67. The second-order valence-corrected chi connectivity index (χ2v) is 5.64. The van der Waals surface area contributed by atoms with E-state index in [0.29, 0.717) is 25.3 Å². The third kappa shape index (κ3) is 2.98. The van der Waals surface area contributed by atoms with Gasteiger partial charge in [-0.3, -0.25) is 4.90 Å². The Morgan fingerprint density at radius 1 is 1.21 bits per heavy atom. The highest BCUT2D eigenvalue weighted by Gasteiger charge is 2.34. The number of aliphatic hydroxyl groups is 1. The number of nitrogens with zero attached hydrogens (tertiary/aromatic N) is 1. The number of benzene rings is 1. The summed E-state index contributed by atoms with van der Waals surface area (Å²) in [4.78, 5) is 2.33. The fourth-order valence-electron chi connectivity index (χ4n) is 3.07. The molecule has 3 atom stereocenters. The molecule has 3 unspecified atom stereocenters. The lowest BCUT2D eigenvalue weighted by atomic mass is 10.1. The minimum absolute atomic E-state index is 0.380. The molecule has 4 nitrogen and oxygen atoms in total. The van der Waals surface area contributed by atoms with E-state index in [1.807, 2.05) is 24.3 Å². The van der Waals surface area contributed by atoms with Crippen LogP contribution in [0.5, 0.6) is 0 Å². The molecule has 0 spiro atoms. The minimum atomic E-state index is -0.427. The molecule has 2 fully saturated rings. The van der Waals surface area contributed by atoms with Crippen LogP contribution in [0.3, 0.4) is 0 Å². The average molecular weight is 262 g/mol. The van der Waals surface area contributed by atoms with Crippen molar-refractivity contribution in [2.75, 3.05) is 19.6 Å². The van der Waals surface area contributed by atoms with Gasteiger partial charge in [0, 0.05) is 26.2 Å². The molecule has 2 heterocycles. The molecule has 3 N–H and O–H groups in total. The number of likely N-dealkylation sites (tertiary alicyclic amines) is 1. The third-order valence-corrected chi connectivity index (χ3v) is 4.15. The highest BCUT2D eigenvalue weighted by Crippen LogP contribution is 2.27. The second kappa shape index (κ2) is 5.59. The number of β-amino-alcohol motifs (C(OH)–C–C–N with tert-alkyl or cyclic N) is 1. The van der Waals surface area contributed by atoms with Crippen molar-refractivity contribution in [3.8, 4) is 0 Å². The van der Waals surface area contributed by atoms with E-state index < -0.39 is 6.10 Å². The number of hydrogen-bond donors (Lipinski definition) is 2. The molecule has 2 aliphatic heterocycles. The summed E-state index contributed by atoms with van der Waals surface area (Å²) in [6, 6.07) is 7.92. The molecule has 0 radical (unpaired) electrons. The molecule has 0 aromatic heterocycles. The van der Waals surface area contributed by atoms with Gasteiger partial charge in [0.1, 0.15) is 0 Å². The van der Waals surface area contributed by atoms with Gasteiger partial charge in [-0.15, -0.1) is 0 Å². The van der Waals surface area contributed by atoms with Gasteiger partial charge in [-0.05, 0) is 24.0 Å². The van der Waals surface area contributed by atoms with E-state index in [1.54, 1.807) is 0 Å². The van der Waals surface area contributed by atoms with Crippen LogP contribution in [0.1, 0.15) is 30.1 Å². The molecule has 2 aliphatic rings. The molecule has 1 aromatic rings. The van der Waals surface area contributed by atoms with Gasteiger partial charge in [-0.2, -0.15) is 0 Å². The van der Waals surface area contributed by atoms with Crippen LogP contribution in [0.15, 0.2) is 24.3 Å². The largest absolute Gasteiger partial charge is 0.387 e. The number of rotatable bonds is 4. The van der Waals surface area contributed by atoms with Gasteiger partial charge >= 0.3 is 0 Å². The van der Waals surface area contributed by atoms with Gasteiger partial charge in [0.05, 0.1) is 18.3 Å². The number of aliphatic hydroxyl groups excluding tert-OH is 1. The first-order chi connectivity index (χ1) is 9.24. The summed E-state index contributed by atoms with van der Waals surface area (Å²) in [7, 11) is 0. The highest BCUT2D eigenvalue weighted by molar-refractivity contribution is 5.24. The number of hydrogen-bond acceptors (Lipinski definition) is 4. The van der Waals surface area contributed by atoms with Gasteiger partial charge in [0.2, 0.25) is 0 Å². The monoisotopic (exact) mass is 262 g/mol. The highest BCUT2D eigenvalue weighted by atomic mass is 16.5. The number of ether oxygens (including phenoxy) is 1. The predicted molar refractivity (Wildman–Crippen MR) is 73.6 cm³/mol. The van der Waals surface area contributed by atoms with E-state index in [1.165, 1.54) is 12.8 Å². The van der Waals surface area contributed by atoms with Crippen molar-refractivity contribution in [1.29, 1.82) is 0 Å². The van der Waals surface area contributed by atoms with Crippen molar-refractivity contribution < 1.29 is 9.84 Å². The van der Waals surface area contributed by atoms with Crippen molar-refractivity contribution >= 4 is 0 Å². The summed E-state index contributed by atoms with van der Waals surface area (Å²) in [6.45, 7) is 3.14. The zero-order chi connectivity index (χ0) is 13.2. The molecule has 1 aromatic carbocycles. The van der Waals surface area contributed by atoms with Gasteiger partial charge in [0.25, 0.3) is 0 Å². The van der Waals surface area contributed by atoms with Crippen LogP contribution in [0.4, 0.5) is 0 Å². The molecule has 19 heavy (non-hydrogen) atoms. The fourth-order valence-corrected chi connectivity index (χ4v) is 3.07. The van der Waals surface area contributed by atoms with Crippen molar-refractivity contribution in [1.82, 2.24) is 4.90 Å². The Morgan fingerprint density at radius 2 is 1.84 bits per heavy atom. The first-order valence-electron chi connectivity index (χ1n) is 7.09. The van der Waals surface area contributed by atoms with Gasteiger partial charge in [-0.25, -0.2) is 0 Å². The Kier molecular flexibility index (Phi) is 3.84. The van der Waals surface area contributed by atoms with Crippen LogP contribution in [-0.2, 0) is 11.3 Å². The third-order valence-electron chi connectivity index (χ3n) is 4.15. The standard InChI is InChI=1S/C15H22N2O2/c16-7-11-1-3-12(4-2-11)15(18)10-17-8-13-5-6-14(9-17)19-13/h1-4,13-15,18H,5-10,16H2. The lowest BCUT2D eigenvalue weighted by Gasteiger charge is -2.33. The summed E-state index contributed by atoms with van der Waals surface area (Å²) in [5.74, 6) is 0. The van der Waals surface area contributed by atoms with E-state index in [-0.39, 0.29) is 0 Å². The van der Waals surface area contributed by atoms with E-state index in [9.17, 15) is 5.11 Å². The molecule has 0 aliphatic carbocycles. The first kappa shape index (κ1) is 13.1. The summed E-state index contributed by atoms with van der Waals surface area (Å²) < 4.78 is 5.81. The molecular weight excluding hydrogens is 240 g/mol. The quantitative estimate of drug-likeness (QED) is 0.851. The lowest BCUT2D eigenvalue weighted by Crippen LogP contribution is -2.44. The second-order valence-electron chi connectivity index (χ2n) is 5.64. The SMILES string of the molecule is NCc1ccc(C(O)CN2CC3CCC(C2)O3)cc1. The maximum absolute atomic E-state index is 10.3. The molecule has 3 rings (SSSR count). The molecule has 0 saturated carbocycles.